The van der Waals surface area contributed by atoms with Crippen LogP contribution in [0.1, 0.15) is 52.4 Å². The molecule has 0 radical (unpaired) electrons. The molecule has 1 heterocycles. The van der Waals surface area contributed by atoms with Gasteiger partial charge in [-0.1, -0.05) is 13.3 Å². The molecule has 4 fully saturated rings. The van der Waals surface area contributed by atoms with Gasteiger partial charge in [0.05, 0.1) is 25.4 Å². The maximum atomic E-state index is 13.2. The minimum atomic E-state index is -0.410. The predicted molar refractivity (Wildman–Crippen MR) is 94.0 cm³/mol. The molecule has 8 atom stereocenters. The number of rotatable bonds is 4. The predicted octanol–water partition coefficient (Wildman–Crippen LogP) is 2.81. The van der Waals surface area contributed by atoms with Gasteiger partial charge in [-0.25, -0.2) is 9.78 Å². The van der Waals surface area contributed by atoms with E-state index >= 15 is 0 Å². The van der Waals surface area contributed by atoms with Gasteiger partial charge in [-0.15, -0.1) is 0 Å². The molecular formula is C21H30O5. The Balaban J connectivity index is 1.49. The monoisotopic (exact) mass is 362 g/mol. The van der Waals surface area contributed by atoms with Crippen molar-refractivity contribution in [1.29, 1.82) is 0 Å². The summed E-state index contributed by atoms with van der Waals surface area (Å²) in [5.41, 5.74) is 0.820. The normalized spacial score (nSPS) is 51.8. The van der Waals surface area contributed by atoms with Crippen LogP contribution in [-0.2, 0) is 19.3 Å². The van der Waals surface area contributed by atoms with Gasteiger partial charge in [0, 0.05) is 23.2 Å². The number of fused-ring (bicyclic) bond motifs is 7. The van der Waals surface area contributed by atoms with E-state index in [9.17, 15) is 9.90 Å². The average Bonchev–Trinajstić information content (AvgIpc) is 3.25. The molecule has 144 valence electrons. The first-order chi connectivity index (χ1) is 12.5. The number of epoxide rings is 1. The van der Waals surface area contributed by atoms with E-state index in [4.69, 9.17) is 14.5 Å². The number of ether oxygens (including phenoxy) is 1. The second kappa shape index (κ2) is 5.87. The second-order valence-corrected chi connectivity index (χ2v) is 9.33. The minimum absolute atomic E-state index is 0.00942. The number of aliphatic hydroxyl groups excluding tert-OH is 1. The van der Waals surface area contributed by atoms with E-state index in [1.807, 2.05) is 13.0 Å². The van der Waals surface area contributed by atoms with Crippen molar-refractivity contribution < 1.29 is 24.4 Å². The lowest BCUT2D eigenvalue weighted by molar-refractivity contribution is -0.313. The number of aliphatic hydroxyl groups is 1. The van der Waals surface area contributed by atoms with Crippen LogP contribution in [0.4, 0.5) is 0 Å². The molecule has 0 aromatic heterocycles. The third-order valence-electron chi connectivity index (χ3n) is 8.40. The van der Waals surface area contributed by atoms with Gasteiger partial charge in [0.1, 0.15) is 6.10 Å². The van der Waals surface area contributed by atoms with Crippen molar-refractivity contribution >= 4 is 5.78 Å². The van der Waals surface area contributed by atoms with Crippen LogP contribution in [0.5, 0.6) is 0 Å². The largest absolute Gasteiger partial charge is 0.392 e. The van der Waals surface area contributed by atoms with Gasteiger partial charge in [0.25, 0.3) is 0 Å². The molecule has 0 aromatic rings. The topological polar surface area (TPSA) is 68.3 Å². The summed E-state index contributed by atoms with van der Waals surface area (Å²) in [7, 11) is 0. The fourth-order valence-electron chi connectivity index (χ4n) is 7.01. The number of carbonyl (C=O) groups excluding carboxylic acids is 1. The third kappa shape index (κ3) is 2.20. The lowest BCUT2D eigenvalue weighted by Crippen LogP contribution is -2.58. The first-order valence-electron chi connectivity index (χ1n) is 10.3. The molecule has 5 rings (SSSR count). The van der Waals surface area contributed by atoms with Gasteiger partial charge in [0.15, 0.2) is 5.78 Å². The summed E-state index contributed by atoms with van der Waals surface area (Å²) in [4.78, 5) is 23.9. The van der Waals surface area contributed by atoms with Crippen LogP contribution >= 0.6 is 0 Å². The van der Waals surface area contributed by atoms with E-state index in [1.165, 1.54) is 0 Å². The minimum Gasteiger partial charge on any atom is -0.392 e. The quantitative estimate of drug-likeness (QED) is 0.360. The van der Waals surface area contributed by atoms with E-state index in [1.54, 1.807) is 0 Å². The summed E-state index contributed by atoms with van der Waals surface area (Å²) >= 11 is 0. The average molecular weight is 362 g/mol. The molecule has 0 unspecified atom stereocenters. The summed E-state index contributed by atoms with van der Waals surface area (Å²) in [5, 5.41) is 11.0. The van der Waals surface area contributed by atoms with Crippen LogP contribution in [-0.4, -0.2) is 42.4 Å². The van der Waals surface area contributed by atoms with Crippen LogP contribution < -0.4 is 0 Å². The van der Waals surface area contributed by atoms with E-state index in [0.29, 0.717) is 25.6 Å². The summed E-state index contributed by atoms with van der Waals surface area (Å²) < 4.78 is 5.77. The standard InChI is InChI=1S/C21H30O5/c1-3-24-25-11-21-7-4-5-13(21)18-12(6-8-21)20(2)14(9-15(18)22)19-16(26-19)10-17(20)23/h9,12-13,16-19,23H,3-8,10-11H2,1-2H3/t12-,13-,16+,17-,18+,19-,20+,21-/m0/s1. The summed E-state index contributed by atoms with van der Waals surface area (Å²) in [6.45, 7) is 5.25. The highest BCUT2D eigenvalue weighted by molar-refractivity contribution is 5.95. The highest BCUT2D eigenvalue weighted by atomic mass is 17.2. The van der Waals surface area contributed by atoms with Gasteiger partial charge in [0.2, 0.25) is 0 Å². The van der Waals surface area contributed by atoms with Crippen LogP contribution in [0.15, 0.2) is 11.6 Å². The molecule has 5 nitrogen and oxygen atoms in total. The SMILES string of the molecule is CCOOC[C@@]12CCC[C@H]1[C@@H]1C(=O)C=C3[C@@H]4O[C@@H]4C[C@H](O)[C@]3(C)[C@H]1CC2. The Hall–Kier alpha value is -0.750. The Morgan fingerprint density at radius 1 is 1.27 bits per heavy atom. The molecule has 1 aliphatic heterocycles. The highest BCUT2D eigenvalue weighted by Crippen LogP contribution is 2.66. The van der Waals surface area contributed by atoms with Gasteiger partial charge in [-0.3, -0.25) is 4.79 Å². The van der Waals surface area contributed by atoms with E-state index in [0.717, 1.165) is 37.7 Å². The van der Waals surface area contributed by atoms with Crippen molar-refractivity contribution in [3.8, 4) is 0 Å². The molecule has 0 amide bonds. The number of hydrogen-bond acceptors (Lipinski definition) is 5. The van der Waals surface area contributed by atoms with Crippen molar-refractivity contribution in [2.45, 2.75) is 70.7 Å². The van der Waals surface area contributed by atoms with Crippen LogP contribution in [0.3, 0.4) is 0 Å². The molecule has 0 spiro atoms. The lowest BCUT2D eigenvalue weighted by atomic mass is 9.47. The fraction of sp³-hybridized carbons (Fsp3) is 0.857. The zero-order chi connectivity index (χ0) is 18.1. The molecule has 4 aliphatic carbocycles. The van der Waals surface area contributed by atoms with E-state index < -0.39 is 6.10 Å². The summed E-state index contributed by atoms with van der Waals surface area (Å²) in [5.74, 6) is 0.834. The van der Waals surface area contributed by atoms with Crippen molar-refractivity contribution in [3.05, 3.63) is 11.6 Å². The smallest absolute Gasteiger partial charge is 0.159 e. The molecule has 5 heteroatoms. The van der Waals surface area contributed by atoms with Crippen LogP contribution in [0, 0.1) is 28.6 Å². The molecule has 1 N–H and O–H groups in total. The van der Waals surface area contributed by atoms with Gasteiger partial charge < -0.3 is 9.84 Å². The maximum absolute atomic E-state index is 13.2. The Morgan fingerprint density at radius 2 is 2.12 bits per heavy atom. The van der Waals surface area contributed by atoms with Crippen molar-refractivity contribution in [1.82, 2.24) is 0 Å². The van der Waals surface area contributed by atoms with Crippen molar-refractivity contribution in [2.75, 3.05) is 13.2 Å². The summed E-state index contributed by atoms with van der Waals surface area (Å²) in [6.07, 6.45) is 7.74. The Kier molecular flexibility index (Phi) is 3.92. The summed E-state index contributed by atoms with van der Waals surface area (Å²) in [6, 6.07) is 0. The number of carbonyl (C=O) groups is 1. The number of ketones is 1. The second-order valence-electron chi connectivity index (χ2n) is 9.33. The van der Waals surface area contributed by atoms with Gasteiger partial charge in [-0.05, 0) is 56.1 Å². The van der Waals surface area contributed by atoms with E-state index in [-0.39, 0.29) is 40.7 Å². The molecule has 3 saturated carbocycles. The highest BCUT2D eigenvalue weighted by Gasteiger charge is 2.66. The van der Waals surface area contributed by atoms with Crippen molar-refractivity contribution in [2.24, 2.45) is 28.6 Å². The number of hydrogen-bond donors (Lipinski definition) is 1. The zero-order valence-corrected chi connectivity index (χ0v) is 15.8. The first kappa shape index (κ1) is 17.4. The molecular weight excluding hydrogens is 332 g/mol. The van der Waals surface area contributed by atoms with Gasteiger partial charge in [-0.2, -0.15) is 0 Å². The molecule has 0 aromatic carbocycles. The molecule has 26 heavy (non-hydrogen) atoms. The zero-order valence-electron chi connectivity index (χ0n) is 15.8. The molecule has 0 bridgehead atoms. The Morgan fingerprint density at radius 3 is 2.92 bits per heavy atom. The molecule has 5 aliphatic rings. The molecule has 1 saturated heterocycles. The Bertz CT molecular complexity index is 644. The Labute approximate surface area is 155 Å². The third-order valence-corrected chi connectivity index (χ3v) is 8.40. The fourth-order valence-corrected chi connectivity index (χ4v) is 7.01. The van der Waals surface area contributed by atoms with E-state index in [2.05, 4.69) is 6.92 Å². The van der Waals surface area contributed by atoms with Crippen molar-refractivity contribution in [3.63, 3.8) is 0 Å². The first-order valence-corrected chi connectivity index (χ1v) is 10.3. The van der Waals surface area contributed by atoms with Crippen LogP contribution in [0.2, 0.25) is 0 Å². The number of allylic oxidation sites excluding steroid dienone is 1. The lowest BCUT2D eigenvalue weighted by Gasteiger charge is -2.57. The maximum Gasteiger partial charge on any atom is 0.159 e. The van der Waals surface area contributed by atoms with Crippen LogP contribution in [0.25, 0.3) is 0 Å². The van der Waals surface area contributed by atoms with Gasteiger partial charge >= 0.3 is 0 Å².